The number of hydrogen-bond donors (Lipinski definition) is 2. The standard InChI is InChI=1S/C21H26ClN3O4/c1-14-19(24-20(26)13-28-14)9-16(11-23)21(27)25-7-5-15(6-8-25)12-29-18-4-2-3-17(22)10-18/h2-4,9-11,14-15H,5-8,12-13,23H2,1H3,(H,24,26)/b16-11+,19-9+. The highest BCUT2D eigenvalue weighted by Gasteiger charge is 2.26. The van der Waals surface area contributed by atoms with Crippen molar-refractivity contribution in [3.63, 3.8) is 0 Å². The second-order valence-electron chi connectivity index (χ2n) is 7.23. The van der Waals surface area contributed by atoms with E-state index in [1.54, 1.807) is 17.0 Å². The van der Waals surface area contributed by atoms with E-state index in [4.69, 9.17) is 26.8 Å². The van der Waals surface area contributed by atoms with Gasteiger partial charge < -0.3 is 25.4 Å². The largest absolute Gasteiger partial charge is 0.493 e. The molecular weight excluding hydrogens is 394 g/mol. The normalized spacial score (nSPS) is 22.5. The highest BCUT2D eigenvalue weighted by atomic mass is 35.5. The van der Waals surface area contributed by atoms with E-state index in [0.29, 0.717) is 41.9 Å². The predicted molar refractivity (Wildman–Crippen MR) is 110 cm³/mol. The molecule has 1 aromatic carbocycles. The van der Waals surface area contributed by atoms with E-state index in [1.165, 1.54) is 6.20 Å². The molecule has 2 aliphatic heterocycles. The number of nitrogens with two attached hydrogens (primary N) is 1. The SMILES string of the molecule is CC1OCC(=O)N/C1=C/C(=C\N)C(=O)N1CCC(COc2cccc(Cl)c2)CC1. The van der Waals surface area contributed by atoms with Gasteiger partial charge in [-0.2, -0.15) is 0 Å². The molecule has 0 spiro atoms. The zero-order valence-corrected chi connectivity index (χ0v) is 17.2. The van der Waals surface area contributed by atoms with Gasteiger partial charge >= 0.3 is 0 Å². The summed E-state index contributed by atoms with van der Waals surface area (Å²) in [4.78, 5) is 26.2. The van der Waals surface area contributed by atoms with Gasteiger partial charge in [0.2, 0.25) is 5.91 Å². The summed E-state index contributed by atoms with van der Waals surface area (Å²) in [6.45, 7) is 3.67. The average molecular weight is 420 g/mol. The van der Waals surface area contributed by atoms with Crippen molar-refractivity contribution < 1.29 is 19.1 Å². The Morgan fingerprint density at radius 2 is 2.17 bits per heavy atom. The molecule has 0 aliphatic carbocycles. The fraction of sp³-hybridized carbons (Fsp3) is 0.429. The van der Waals surface area contributed by atoms with Crippen molar-refractivity contribution in [1.82, 2.24) is 10.2 Å². The van der Waals surface area contributed by atoms with Crippen LogP contribution >= 0.6 is 11.6 Å². The van der Waals surface area contributed by atoms with E-state index in [2.05, 4.69) is 5.32 Å². The average Bonchev–Trinajstić information content (AvgIpc) is 2.73. The van der Waals surface area contributed by atoms with Crippen LogP contribution in [0.1, 0.15) is 19.8 Å². The summed E-state index contributed by atoms with van der Waals surface area (Å²) in [5.41, 5.74) is 6.57. The number of carbonyl (C=O) groups is 2. The zero-order chi connectivity index (χ0) is 20.8. The Hall–Kier alpha value is -2.51. The van der Waals surface area contributed by atoms with Crippen LogP contribution in [0.3, 0.4) is 0 Å². The zero-order valence-electron chi connectivity index (χ0n) is 16.4. The molecule has 2 saturated heterocycles. The minimum Gasteiger partial charge on any atom is -0.493 e. The number of rotatable bonds is 5. The Labute approximate surface area is 175 Å². The van der Waals surface area contributed by atoms with E-state index >= 15 is 0 Å². The minimum atomic E-state index is -0.301. The van der Waals surface area contributed by atoms with Crippen LogP contribution in [-0.4, -0.2) is 49.1 Å². The summed E-state index contributed by atoms with van der Waals surface area (Å²) < 4.78 is 11.2. The van der Waals surface area contributed by atoms with Gasteiger partial charge in [0, 0.05) is 30.0 Å². The predicted octanol–water partition coefficient (Wildman–Crippen LogP) is 2.22. The number of hydrogen-bond acceptors (Lipinski definition) is 5. The first-order valence-electron chi connectivity index (χ1n) is 9.69. The summed E-state index contributed by atoms with van der Waals surface area (Å²) in [5.74, 6) is 0.731. The number of benzene rings is 1. The molecule has 2 aliphatic rings. The van der Waals surface area contributed by atoms with Crippen molar-refractivity contribution in [3.05, 3.63) is 52.8 Å². The third kappa shape index (κ3) is 5.74. The van der Waals surface area contributed by atoms with Gasteiger partial charge in [-0.1, -0.05) is 17.7 Å². The van der Waals surface area contributed by atoms with Crippen molar-refractivity contribution in [2.45, 2.75) is 25.9 Å². The van der Waals surface area contributed by atoms with E-state index in [0.717, 1.165) is 18.6 Å². The number of nitrogens with zero attached hydrogens (tertiary/aromatic N) is 1. The highest BCUT2D eigenvalue weighted by Crippen LogP contribution is 2.23. The minimum absolute atomic E-state index is 0.0128. The van der Waals surface area contributed by atoms with Crippen LogP contribution in [0.4, 0.5) is 0 Å². The van der Waals surface area contributed by atoms with E-state index in [1.807, 2.05) is 25.1 Å². The molecule has 3 N–H and O–H groups in total. The number of amides is 2. The molecule has 1 atom stereocenters. The maximum Gasteiger partial charge on any atom is 0.255 e. The third-order valence-corrected chi connectivity index (χ3v) is 5.34. The van der Waals surface area contributed by atoms with Crippen molar-refractivity contribution in [2.24, 2.45) is 11.7 Å². The van der Waals surface area contributed by atoms with Gasteiger partial charge in [-0.05, 0) is 50.0 Å². The fourth-order valence-corrected chi connectivity index (χ4v) is 3.53. The first kappa shape index (κ1) is 21.2. The number of piperidine rings is 1. The van der Waals surface area contributed by atoms with Crippen LogP contribution in [0.25, 0.3) is 0 Å². The van der Waals surface area contributed by atoms with Crippen molar-refractivity contribution >= 4 is 23.4 Å². The monoisotopic (exact) mass is 419 g/mol. The van der Waals surface area contributed by atoms with Crippen molar-refractivity contribution in [1.29, 1.82) is 0 Å². The van der Waals surface area contributed by atoms with Gasteiger partial charge in [-0.15, -0.1) is 0 Å². The molecule has 2 heterocycles. The molecule has 2 fully saturated rings. The lowest BCUT2D eigenvalue weighted by atomic mass is 9.97. The van der Waals surface area contributed by atoms with Crippen LogP contribution in [0.5, 0.6) is 5.75 Å². The Morgan fingerprint density at radius 1 is 1.41 bits per heavy atom. The Morgan fingerprint density at radius 3 is 2.86 bits per heavy atom. The first-order chi connectivity index (χ1) is 14.0. The van der Waals surface area contributed by atoms with Crippen molar-refractivity contribution in [3.8, 4) is 5.75 Å². The molecule has 0 aromatic heterocycles. The number of ether oxygens (including phenoxy) is 2. The van der Waals surface area contributed by atoms with Crippen LogP contribution in [0.15, 0.2) is 47.8 Å². The molecule has 0 saturated carbocycles. The van der Waals surface area contributed by atoms with Gasteiger partial charge in [-0.3, -0.25) is 9.59 Å². The summed E-state index contributed by atoms with van der Waals surface area (Å²) in [6, 6.07) is 7.34. The van der Waals surface area contributed by atoms with Gasteiger partial charge in [0.15, 0.2) is 0 Å². The molecule has 29 heavy (non-hydrogen) atoms. The Bertz CT molecular complexity index is 816. The second kappa shape index (κ2) is 9.80. The van der Waals surface area contributed by atoms with E-state index in [-0.39, 0.29) is 24.5 Å². The van der Waals surface area contributed by atoms with Crippen LogP contribution in [-0.2, 0) is 14.3 Å². The molecule has 7 nitrogen and oxygen atoms in total. The second-order valence-corrected chi connectivity index (χ2v) is 7.66. The lowest BCUT2D eigenvalue weighted by molar-refractivity contribution is -0.130. The Kier molecular flexibility index (Phi) is 7.17. The highest BCUT2D eigenvalue weighted by molar-refractivity contribution is 6.30. The van der Waals surface area contributed by atoms with Crippen LogP contribution in [0, 0.1) is 5.92 Å². The number of carbonyl (C=O) groups excluding carboxylic acids is 2. The smallest absolute Gasteiger partial charge is 0.255 e. The van der Waals surface area contributed by atoms with Crippen LogP contribution in [0.2, 0.25) is 5.02 Å². The number of morpholine rings is 1. The Balaban J connectivity index is 1.52. The molecule has 1 aromatic rings. The molecular formula is C21H26ClN3O4. The summed E-state index contributed by atoms with van der Waals surface area (Å²) in [7, 11) is 0. The maximum atomic E-state index is 12.8. The molecule has 0 radical (unpaired) electrons. The summed E-state index contributed by atoms with van der Waals surface area (Å²) in [6.07, 6.45) is 4.26. The molecule has 2 amide bonds. The molecule has 1 unspecified atom stereocenters. The third-order valence-electron chi connectivity index (χ3n) is 5.11. The molecule has 3 rings (SSSR count). The van der Waals surface area contributed by atoms with E-state index < -0.39 is 0 Å². The number of nitrogens with one attached hydrogen (secondary N) is 1. The van der Waals surface area contributed by atoms with Crippen LogP contribution < -0.4 is 15.8 Å². The number of likely N-dealkylation sites (tertiary alicyclic amines) is 1. The van der Waals surface area contributed by atoms with Gasteiger partial charge in [0.1, 0.15) is 12.4 Å². The summed E-state index contributed by atoms with van der Waals surface area (Å²) in [5, 5.41) is 3.38. The van der Waals surface area contributed by atoms with Crippen molar-refractivity contribution in [2.75, 3.05) is 26.3 Å². The molecule has 8 heteroatoms. The lowest BCUT2D eigenvalue weighted by Gasteiger charge is -2.32. The first-order valence-corrected chi connectivity index (χ1v) is 10.1. The number of halogens is 1. The summed E-state index contributed by atoms with van der Waals surface area (Å²) >= 11 is 5.98. The van der Waals surface area contributed by atoms with Gasteiger partial charge in [-0.25, -0.2) is 0 Å². The van der Waals surface area contributed by atoms with Gasteiger partial charge in [0.25, 0.3) is 5.91 Å². The maximum absolute atomic E-state index is 12.8. The molecule has 0 bridgehead atoms. The van der Waals surface area contributed by atoms with E-state index in [9.17, 15) is 9.59 Å². The lowest BCUT2D eigenvalue weighted by Crippen LogP contribution is -2.42. The topological polar surface area (TPSA) is 93.9 Å². The van der Waals surface area contributed by atoms with Gasteiger partial charge in [0.05, 0.1) is 18.3 Å². The quantitative estimate of drug-likeness (QED) is 0.714. The molecule has 156 valence electrons. The fourth-order valence-electron chi connectivity index (χ4n) is 3.35.